The van der Waals surface area contributed by atoms with E-state index in [0.717, 1.165) is 6.42 Å². The molecule has 5 heteroatoms. The van der Waals surface area contributed by atoms with Crippen molar-refractivity contribution in [3.05, 3.63) is 59.7 Å². The lowest BCUT2D eigenvalue weighted by molar-refractivity contribution is 0.0697. The smallest absolute Gasteiger partial charge is 0.335 e. The molecule has 5 nitrogen and oxygen atoms in total. The second-order valence-electron chi connectivity index (χ2n) is 4.78. The van der Waals surface area contributed by atoms with E-state index < -0.39 is 5.97 Å². The largest absolute Gasteiger partial charge is 0.494 e. The zero-order chi connectivity index (χ0) is 15.9. The van der Waals surface area contributed by atoms with Crippen molar-refractivity contribution in [3.8, 4) is 5.75 Å². The number of hydrogen-bond donors (Lipinski definition) is 2. The van der Waals surface area contributed by atoms with Crippen LogP contribution in [-0.2, 0) is 6.42 Å². The maximum atomic E-state index is 11.0. The van der Waals surface area contributed by atoms with Gasteiger partial charge in [0.2, 0.25) is 0 Å². The first-order chi connectivity index (χ1) is 10.6. The number of ether oxygens (including phenoxy) is 1. The summed E-state index contributed by atoms with van der Waals surface area (Å²) in [6.45, 7) is 0. The molecule has 0 unspecified atom stereocenters. The Morgan fingerprint density at radius 1 is 1.23 bits per heavy atom. The van der Waals surface area contributed by atoms with Crippen molar-refractivity contribution >= 4 is 17.5 Å². The molecule has 0 aliphatic heterocycles. The summed E-state index contributed by atoms with van der Waals surface area (Å²) in [7, 11) is 1.51. The Morgan fingerprint density at radius 3 is 2.59 bits per heavy atom. The maximum Gasteiger partial charge on any atom is 0.335 e. The number of nitrogens with two attached hydrogens (primary N) is 1. The summed E-state index contributed by atoms with van der Waals surface area (Å²) in [5, 5.41) is 9.04. The van der Waals surface area contributed by atoms with Crippen LogP contribution in [0.15, 0.2) is 53.5 Å². The molecule has 0 atom stereocenters. The quantitative estimate of drug-likeness (QED) is 0.634. The Morgan fingerprint density at radius 2 is 1.95 bits per heavy atom. The molecular weight excluding hydrogens is 280 g/mol. The highest BCUT2D eigenvalue weighted by Gasteiger charge is 2.09. The van der Waals surface area contributed by atoms with E-state index in [2.05, 4.69) is 4.99 Å². The van der Waals surface area contributed by atoms with Gasteiger partial charge in [0.25, 0.3) is 0 Å². The zero-order valence-electron chi connectivity index (χ0n) is 12.3. The van der Waals surface area contributed by atoms with Gasteiger partial charge in [-0.25, -0.2) is 9.79 Å². The SMILES string of the molecule is COc1ccc(C(=O)O)cc1N=C(N)CCc1ccccc1. The van der Waals surface area contributed by atoms with Gasteiger partial charge < -0.3 is 15.6 Å². The lowest BCUT2D eigenvalue weighted by Crippen LogP contribution is -2.12. The number of aryl methyl sites for hydroxylation is 1. The molecule has 2 aromatic rings. The second-order valence-corrected chi connectivity index (χ2v) is 4.78. The minimum Gasteiger partial charge on any atom is -0.494 e. The fourth-order valence-corrected chi connectivity index (χ4v) is 2.04. The number of rotatable bonds is 6. The predicted octanol–water partition coefficient (Wildman–Crippen LogP) is 3.01. The van der Waals surface area contributed by atoms with Crippen molar-refractivity contribution in [1.82, 2.24) is 0 Å². The first-order valence-corrected chi connectivity index (χ1v) is 6.88. The van der Waals surface area contributed by atoms with Crippen LogP contribution in [0.3, 0.4) is 0 Å². The average molecular weight is 298 g/mol. The number of carbonyl (C=O) groups is 1. The highest BCUT2D eigenvalue weighted by Crippen LogP contribution is 2.28. The van der Waals surface area contributed by atoms with Crippen LogP contribution < -0.4 is 10.5 Å². The molecule has 0 saturated carbocycles. The summed E-state index contributed by atoms with van der Waals surface area (Å²) in [5.41, 5.74) is 7.70. The van der Waals surface area contributed by atoms with E-state index in [-0.39, 0.29) is 5.56 Å². The molecule has 0 radical (unpaired) electrons. The first kappa shape index (κ1) is 15.6. The van der Waals surface area contributed by atoms with E-state index in [1.165, 1.54) is 24.8 Å². The number of nitrogens with zero attached hydrogens (tertiary/aromatic N) is 1. The van der Waals surface area contributed by atoms with Crippen LogP contribution in [0.4, 0.5) is 5.69 Å². The number of aliphatic imine (C=N–C) groups is 1. The van der Waals surface area contributed by atoms with E-state index in [4.69, 9.17) is 15.6 Å². The fourth-order valence-electron chi connectivity index (χ4n) is 2.04. The van der Waals surface area contributed by atoms with Gasteiger partial charge >= 0.3 is 5.97 Å². The van der Waals surface area contributed by atoms with Gasteiger partial charge in [-0.3, -0.25) is 0 Å². The lowest BCUT2D eigenvalue weighted by Gasteiger charge is -2.07. The number of hydrogen-bond acceptors (Lipinski definition) is 3. The summed E-state index contributed by atoms with van der Waals surface area (Å²) < 4.78 is 5.19. The summed E-state index contributed by atoms with van der Waals surface area (Å²) in [6.07, 6.45) is 1.36. The molecule has 0 aromatic heterocycles. The van der Waals surface area contributed by atoms with E-state index in [9.17, 15) is 4.79 Å². The predicted molar refractivity (Wildman–Crippen MR) is 86.0 cm³/mol. The molecule has 0 bridgehead atoms. The Kier molecular flexibility index (Phi) is 5.14. The Bertz CT molecular complexity index is 682. The van der Waals surface area contributed by atoms with Crippen LogP contribution in [0.5, 0.6) is 5.75 Å². The number of aromatic carboxylic acids is 1. The van der Waals surface area contributed by atoms with Crippen LogP contribution >= 0.6 is 0 Å². The molecule has 3 N–H and O–H groups in total. The Balaban J connectivity index is 2.16. The Labute approximate surface area is 129 Å². The third kappa shape index (κ3) is 4.09. The standard InChI is InChI=1S/C17H18N2O3/c1-22-15-9-8-13(17(20)21)11-14(15)19-16(18)10-7-12-5-3-2-4-6-12/h2-6,8-9,11H,7,10H2,1H3,(H2,18,19)(H,20,21). The molecule has 2 rings (SSSR count). The average Bonchev–Trinajstić information content (AvgIpc) is 2.53. The number of amidine groups is 1. The number of benzene rings is 2. The van der Waals surface area contributed by atoms with E-state index in [0.29, 0.717) is 23.7 Å². The highest BCUT2D eigenvalue weighted by molar-refractivity contribution is 5.90. The fraction of sp³-hybridized carbons (Fsp3) is 0.176. The first-order valence-electron chi connectivity index (χ1n) is 6.88. The second kappa shape index (κ2) is 7.26. The van der Waals surface area contributed by atoms with E-state index >= 15 is 0 Å². The molecule has 22 heavy (non-hydrogen) atoms. The van der Waals surface area contributed by atoms with E-state index in [1.807, 2.05) is 30.3 Å². The third-order valence-electron chi connectivity index (χ3n) is 3.20. The van der Waals surface area contributed by atoms with Gasteiger partial charge in [0, 0.05) is 6.42 Å². The number of carboxylic acid groups (broad SMARTS) is 1. The molecule has 0 saturated heterocycles. The van der Waals surface area contributed by atoms with Crippen LogP contribution in [-0.4, -0.2) is 24.0 Å². The van der Waals surface area contributed by atoms with Crippen molar-refractivity contribution in [3.63, 3.8) is 0 Å². The molecule has 0 amide bonds. The molecular formula is C17H18N2O3. The number of carboxylic acids is 1. The van der Waals surface area contributed by atoms with Gasteiger partial charge in [0.1, 0.15) is 17.3 Å². The van der Waals surface area contributed by atoms with Crippen molar-refractivity contribution in [1.29, 1.82) is 0 Å². The topological polar surface area (TPSA) is 84.9 Å². The minimum atomic E-state index is -1.01. The maximum absolute atomic E-state index is 11.0. The van der Waals surface area contributed by atoms with Crippen molar-refractivity contribution in [2.24, 2.45) is 10.7 Å². The van der Waals surface area contributed by atoms with Gasteiger partial charge in [-0.2, -0.15) is 0 Å². The van der Waals surface area contributed by atoms with Crippen LogP contribution in [0, 0.1) is 0 Å². The highest BCUT2D eigenvalue weighted by atomic mass is 16.5. The van der Waals surface area contributed by atoms with Crippen molar-refractivity contribution in [2.45, 2.75) is 12.8 Å². The van der Waals surface area contributed by atoms with Crippen LogP contribution in [0.1, 0.15) is 22.3 Å². The van der Waals surface area contributed by atoms with Gasteiger partial charge in [0.15, 0.2) is 0 Å². The van der Waals surface area contributed by atoms with Gasteiger partial charge in [-0.15, -0.1) is 0 Å². The molecule has 0 aliphatic carbocycles. The molecule has 0 spiro atoms. The van der Waals surface area contributed by atoms with Crippen LogP contribution in [0.25, 0.3) is 0 Å². The molecule has 0 heterocycles. The van der Waals surface area contributed by atoms with Crippen molar-refractivity contribution in [2.75, 3.05) is 7.11 Å². The monoisotopic (exact) mass is 298 g/mol. The van der Waals surface area contributed by atoms with Crippen molar-refractivity contribution < 1.29 is 14.6 Å². The Hall–Kier alpha value is -2.82. The minimum absolute atomic E-state index is 0.149. The van der Waals surface area contributed by atoms with Crippen LogP contribution in [0.2, 0.25) is 0 Å². The number of methoxy groups -OCH3 is 1. The van der Waals surface area contributed by atoms with Gasteiger partial charge in [0.05, 0.1) is 12.7 Å². The summed E-state index contributed by atoms with van der Waals surface area (Å²) >= 11 is 0. The summed E-state index contributed by atoms with van der Waals surface area (Å²) in [4.78, 5) is 15.3. The molecule has 114 valence electrons. The zero-order valence-corrected chi connectivity index (χ0v) is 12.3. The van der Waals surface area contributed by atoms with Gasteiger partial charge in [-0.1, -0.05) is 30.3 Å². The molecule has 2 aromatic carbocycles. The summed E-state index contributed by atoms with van der Waals surface area (Å²) in [6, 6.07) is 14.5. The van der Waals surface area contributed by atoms with E-state index in [1.54, 1.807) is 6.07 Å². The third-order valence-corrected chi connectivity index (χ3v) is 3.20. The lowest BCUT2D eigenvalue weighted by atomic mass is 10.1. The van der Waals surface area contributed by atoms with Gasteiger partial charge in [-0.05, 0) is 30.2 Å². The normalized spacial score (nSPS) is 11.2. The summed E-state index contributed by atoms with van der Waals surface area (Å²) in [5.74, 6) is -0.0840. The molecule has 0 fully saturated rings. The molecule has 0 aliphatic rings.